The first-order valence-electron chi connectivity index (χ1n) is 8.81. The standard InChI is InChI=1S/C20H24Cl2N2O2/c1-12-7-17(20(25)11-23-9-13(2)26-14(3)10-23)15(4)24(12)16-5-6-18(21)19(22)8-16/h5-8,13-14H,9-11H2,1-4H3/t13-,14-/m0/s1. The smallest absolute Gasteiger partial charge is 0.178 e. The molecule has 3 rings (SSSR count). The topological polar surface area (TPSA) is 34.5 Å². The van der Waals surface area contributed by atoms with Crippen molar-refractivity contribution in [3.8, 4) is 5.69 Å². The molecule has 1 aromatic carbocycles. The number of hydrogen-bond donors (Lipinski definition) is 0. The van der Waals surface area contributed by atoms with Gasteiger partial charge in [-0.3, -0.25) is 9.69 Å². The number of ketones is 1. The summed E-state index contributed by atoms with van der Waals surface area (Å²) in [6.45, 7) is 10.0. The van der Waals surface area contributed by atoms with E-state index >= 15 is 0 Å². The van der Waals surface area contributed by atoms with Gasteiger partial charge >= 0.3 is 0 Å². The lowest BCUT2D eigenvalue weighted by Crippen LogP contribution is -2.47. The van der Waals surface area contributed by atoms with Crippen molar-refractivity contribution in [2.24, 2.45) is 0 Å². The number of aromatic nitrogens is 1. The zero-order valence-electron chi connectivity index (χ0n) is 15.6. The van der Waals surface area contributed by atoms with Crippen molar-refractivity contribution >= 4 is 29.0 Å². The van der Waals surface area contributed by atoms with Gasteiger partial charge in [-0.25, -0.2) is 0 Å². The Hall–Kier alpha value is -1.33. The van der Waals surface area contributed by atoms with E-state index in [0.29, 0.717) is 16.6 Å². The number of carbonyl (C=O) groups excluding carboxylic acids is 1. The Labute approximate surface area is 164 Å². The number of ether oxygens (including phenoxy) is 1. The molecule has 140 valence electrons. The Morgan fingerprint density at radius 2 is 1.77 bits per heavy atom. The summed E-state index contributed by atoms with van der Waals surface area (Å²) in [7, 11) is 0. The molecular weight excluding hydrogens is 371 g/mol. The highest BCUT2D eigenvalue weighted by atomic mass is 35.5. The minimum atomic E-state index is 0.130. The minimum Gasteiger partial charge on any atom is -0.373 e. The zero-order valence-corrected chi connectivity index (χ0v) is 17.1. The summed E-state index contributed by atoms with van der Waals surface area (Å²) in [5, 5.41) is 1.02. The van der Waals surface area contributed by atoms with E-state index in [1.165, 1.54) is 0 Å². The molecular formula is C20H24Cl2N2O2. The van der Waals surface area contributed by atoms with Crippen LogP contribution in [0.4, 0.5) is 0 Å². The van der Waals surface area contributed by atoms with Crippen LogP contribution in [0.1, 0.15) is 35.6 Å². The first-order chi connectivity index (χ1) is 12.3. The summed E-state index contributed by atoms with van der Waals surface area (Å²) in [6.07, 6.45) is 0.297. The average Bonchev–Trinajstić information content (AvgIpc) is 2.84. The summed E-state index contributed by atoms with van der Waals surface area (Å²) in [4.78, 5) is 15.1. The van der Waals surface area contributed by atoms with Crippen molar-refractivity contribution in [1.29, 1.82) is 0 Å². The van der Waals surface area contributed by atoms with E-state index in [9.17, 15) is 4.79 Å². The number of rotatable bonds is 4. The van der Waals surface area contributed by atoms with Crippen LogP contribution in [0.15, 0.2) is 24.3 Å². The van der Waals surface area contributed by atoms with E-state index in [1.54, 1.807) is 6.07 Å². The molecule has 4 nitrogen and oxygen atoms in total. The Bertz CT molecular complexity index is 821. The van der Waals surface area contributed by atoms with Crippen LogP contribution in [0.5, 0.6) is 0 Å². The van der Waals surface area contributed by atoms with Crippen LogP contribution in [-0.4, -0.2) is 47.1 Å². The molecule has 0 bridgehead atoms. The number of Topliss-reactive ketones (excluding diaryl/α,β-unsaturated/α-hetero) is 1. The van der Waals surface area contributed by atoms with E-state index in [1.807, 2.05) is 50.5 Å². The Kier molecular flexibility index (Phi) is 5.78. The van der Waals surface area contributed by atoms with Crippen LogP contribution in [0, 0.1) is 13.8 Å². The maximum absolute atomic E-state index is 12.9. The third kappa shape index (κ3) is 3.99. The van der Waals surface area contributed by atoms with Crippen LogP contribution >= 0.6 is 23.2 Å². The van der Waals surface area contributed by atoms with E-state index < -0.39 is 0 Å². The molecule has 0 radical (unpaired) electrons. The normalized spacial score (nSPS) is 21.2. The van der Waals surface area contributed by atoms with Gasteiger partial charge in [0.05, 0.1) is 28.8 Å². The fourth-order valence-electron chi connectivity index (χ4n) is 3.77. The summed E-state index contributed by atoms with van der Waals surface area (Å²) >= 11 is 12.2. The molecule has 2 heterocycles. The van der Waals surface area contributed by atoms with Gasteiger partial charge in [-0.15, -0.1) is 0 Å². The quantitative estimate of drug-likeness (QED) is 0.705. The van der Waals surface area contributed by atoms with E-state index in [0.717, 1.165) is 35.7 Å². The molecule has 1 saturated heterocycles. The number of benzene rings is 1. The average molecular weight is 395 g/mol. The molecule has 1 aliphatic rings. The van der Waals surface area contributed by atoms with Gasteiger partial charge in [0, 0.05) is 35.7 Å². The predicted molar refractivity (Wildman–Crippen MR) is 106 cm³/mol. The van der Waals surface area contributed by atoms with Gasteiger partial charge in [-0.1, -0.05) is 23.2 Å². The summed E-state index contributed by atoms with van der Waals surface area (Å²) in [5.41, 5.74) is 3.57. The number of morpholine rings is 1. The summed E-state index contributed by atoms with van der Waals surface area (Å²) < 4.78 is 7.79. The van der Waals surface area contributed by atoms with E-state index in [2.05, 4.69) is 4.90 Å². The van der Waals surface area contributed by atoms with Gasteiger partial charge in [0.1, 0.15) is 0 Å². The molecule has 2 aromatic rings. The Morgan fingerprint density at radius 1 is 1.12 bits per heavy atom. The van der Waals surface area contributed by atoms with Crippen molar-refractivity contribution in [2.45, 2.75) is 39.9 Å². The highest BCUT2D eigenvalue weighted by Gasteiger charge is 2.25. The fraction of sp³-hybridized carbons (Fsp3) is 0.450. The lowest BCUT2D eigenvalue weighted by molar-refractivity contribution is -0.0652. The van der Waals surface area contributed by atoms with Crippen LogP contribution in [0.2, 0.25) is 10.0 Å². The SMILES string of the molecule is Cc1cc(C(=O)CN2C[C@H](C)O[C@@H](C)C2)c(C)n1-c1ccc(Cl)c(Cl)c1. The van der Waals surface area contributed by atoms with Gasteiger partial charge in [-0.05, 0) is 52.0 Å². The predicted octanol–water partition coefficient (Wildman–Crippen LogP) is 4.69. The van der Waals surface area contributed by atoms with E-state index in [4.69, 9.17) is 27.9 Å². The second-order valence-electron chi connectivity index (χ2n) is 7.09. The Balaban J connectivity index is 1.85. The highest BCUT2D eigenvalue weighted by Crippen LogP contribution is 2.28. The lowest BCUT2D eigenvalue weighted by Gasteiger charge is -2.34. The van der Waals surface area contributed by atoms with Gasteiger partial charge in [0.15, 0.2) is 5.78 Å². The number of aryl methyl sites for hydroxylation is 1. The second-order valence-corrected chi connectivity index (χ2v) is 7.91. The molecule has 6 heteroatoms. The maximum Gasteiger partial charge on any atom is 0.178 e. The number of nitrogens with zero attached hydrogens (tertiary/aromatic N) is 2. The number of halogens is 2. The van der Waals surface area contributed by atoms with Crippen molar-refractivity contribution in [3.05, 3.63) is 51.3 Å². The van der Waals surface area contributed by atoms with Gasteiger partial charge in [0.25, 0.3) is 0 Å². The maximum atomic E-state index is 12.9. The van der Waals surface area contributed by atoms with Crippen LogP contribution in [-0.2, 0) is 4.74 Å². The monoisotopic (exact) mass is 394 g/mol. The van der Waals surface area contributed by atoms with Crippen LogP contribution in [0.25, 0.3) is 5.69 Å². The van der Waals surface area contributed by atoms with Crippen molar-refractivity contribution in [1.82, 2.24) is 9.47 Å². The molecule has 0 saturated carbocycles. The minimum absolute atomic E-state index is 0.130. The summed E-state index contributed by atoms with van der Waals surface area (Å²) in [6, 6.07) is 7.46. The molecule has 0 amide bonds. The zero-order chi connectivity index (χ0) is 19.0. The van der Waals surface area contributed by atoms with Gasteiger partial charge in [-0.2, -0.15) is 0 Å². The largest absolute Gasteiger partial charge is 0.373 e. The summed E-state index contributed by atoms with van der Waals surface area (Å²) in [5.74, 6) is 0.130. The number of carbonyl (C=O) groups is 1. The molecule has 1 fully saturated rings. The molecule has 0 unspecified atom stereocenters. The van der Waals surface area contributed by atoms with Crippen molar-refractivity contribution in [3.63, 3.8) is 0 Å². The van der Waals surface area contributed by atoms with Crippen LogP contribution in [0.3, 0.4) is 0 Å². The third-order valence-electron chi connectivity index (χ3n) is 4.76. The highest BCUT2D eigenvalue weighted by molar-refractivity contribution is 6.42. The number of hydrogen-bond acceptors (Lipinski definition) is 3. The molecule has 1 aliphatic heterocycles. The Morgan fingerprint density at radius 3 is 2.38 bits per heavy atom. The molecule has 0 N–H and O–H groups in total. The molecule has 0 spiro atoms. The molecule has 1 aromatic heterocycles. The van der Waals surface area contributed by atoms with Crippen molar-refractivity contribution < 1.29 is 9.53 Å². The fourth-order valence-corrected chi connectivity index (χ4v) is 4.06. The van der Waals surface area contributed by atoms with Crippen molar-refractivity contribution in [2.75, 3.05) is 19.6 Å². The molecule has 0 aliphatic carbocycles. The first-order valence-corrected chi connectivity index (χ1v) is 9.57. The van der Waals surface area contributed by atoms with Gasteiger partial charge < -0.3 is 9.30 Å². The molecule has 26 heavy (non-hydrogen) atoms. The van der Waals surface area contributed by atoms with Crippen LogP contribution < -0.4 is 0 Å². The van der Waals surface area contributed by atoms with Gasteiger partial charge in [0.2, 0.25) is 0 Å². The first kappa shape index (κ1) is 19.4. The lowest BCUT2D eigenvalue weighted by atomic mass is 10.1. The van der Waals surface area contributed by atoms with E-state index in [-0.39, 0.29) is 18.0 Å². The third-order valence-corrected chi connectivity index (χ3v) is 5.49. The molecule has 2 atom stereocenters. The second kappa shape index (κ2) is 7.73.